The molecule has 2 aliphatic rings. The van der Waals surface area contributed by atoms with Gasteiger partial charge in [-0.2, -0.15) is 0 Å². The molecule has 0 bridgehead atoms. The smallest absolute Gasteiger partial charge is 0.314 e. The Morgan fingerprint density at radius 2 is 1.89 bits per heavy atom. The maximum atomic E-state index is 11.7. The Hall–Kier alpha value is -1.26. The van der Waals surface area contributed by atoms with Crippen LogP contribution in [-0.2, 0) is 4.79 Å². The molecule has 0 aromatic carbocycles. The number of carboxylic acids is 1. The van der Waals surface area contributed by atoms with Crippen molar-refractivity contribution in [2.45, 2.75) is 45.4 Å². The van der Waals surface area contributed by atoms with Gasteiger partial charge in [0.1, 0.15) is 0 Å². The fourth-order valence-electron chi connectivity index (χ4n) is 2.92. The highest BCUT2D eigenvalue weighted by atomic mass is 16.4. The zero-order valence-electron chi connectivity index (χ0n) is 11.6. The molecule has 0 radical (unpaired) electrons. The Morgan fingerprint density at radius 1 is 1.26 bits per heavy atom. The summed E-state index contributed by atoms with van der Waals surface area (Å²) in [5.41, 5.74) is -0.737. The van der Waals surface area contributed by atoms with Crippen molar-refractivity contribution < 1.29 is 14.7 Å². The van der Waals surface area contributed by atoms with Gasteiger partial charge in [0.15, 0.2) is 0 Å². The summed E-state index contributed by atoms with van der Waals surface area (Å²) in [6, 6.07) is -0.236. The molecule has 2 saturated carbocycles. The second kappa shape index (κ2) is 5.80. The molecule has 0 saturated heterocycles. The van der Waals surface area contributed by atoms with Crippen LogP contribution in [0.2, 0.25) is 0 Å². The molecule has 0 heterocycles. The molecule has 5 heteroatoms. The van der Waals surface area contributed by atoms with Gasteiger partial charge in [-0.25, -0.2) is 4.79 Å². The minimum Gasteiger partial charge on any atom is -0.481 e. The average Bonchev–Trinajstić information content (AvgIpc) is 3.12. The van der Waals surface area contributed by atoms with E-state index in [1.165, 1.54) is 12.8 Å². The molecule has 0 aromatic heterocycles. The molecular weight excluding hydrogens is 244 g/mol. The molecule has 2 aliphatic carbocycles. The van der Waals surface area contributed by atoms with E-state index >= 15 is 0 Å². The van der Waals surface area contributed by atoms with Crippen molar-refractivity contribution in [2.75, 3.05) is 13.1 Å². The minimum atomic E-state index is -0.781. The van der Waals surface area contributed by atoms with Gasteiger partial charge in [0.05, 0.1) is 5.41 Å². The van der Waals surface area contributed by atoms with Gasteiger partial charge in [-0.3, -0.25) is 4.79 Å². The van der Waals surface area contributed by atoms with Crippen molar-refractivity contribution >= 4 is 12.0 Å². The number of rotatable bonds is 6. The highest BCUT2D eigenvalue weighted by molar-refractivity contribution is 5.78. The second-order valence-corrected chi connectivity index (χ2v) is 6.17. The molecule has 5 nitrogen and oxygen atoms in total. The van der Waals surface area contributed by atoms with Gasteiger partial charge < -0.3 is 15.7 Å². The molecule has 1 atom stereocenters. The normalized spacial score (nSPS) is 22.8. The topological polar surface area (TPSA) is 78.4 Å². The van der Waals surface area contributed by atoms with E-state index in [2.05, 4.69) is 17.6 Å². The molecule has 0 spiro atoms. The van der Waals surface area contributed by atoms with E-state index < -0.39 is 11.4 Å². The summed E-state index contributed by atoms with van der Waals surface area (Å²) in [5, 5.41) is 14.9. The lowest BCUT2D eigenvalue weighted by Gasteiger charge is -2.24. The van der Waals surface area contributed by atoms with Crippen LogP contribution in [0.1, 0.15) is 45.4 Å². The Kier molecular flexibility index (Phi) is 4.32. The molecule has 2 amide bonds. The van der Waals surface area contributed by atoms with Gasteiger partial charge in [-0.05, 0) is 37.5 Å². The number of nitrogens with one attached hydrogen (secondary N) is 2. The van der Waals surface area contributed by atoms with Gasteiger partial charge in [0, 0.05) is 13.1 Å². The number of hydrogen-bond acceptors (Lipinski definition) is 2. The quantitative estimate of drug-likeness (QED) is 0.689. The number of carbonyl (C=O) groups is 2. The fourth-order valence-corrected chi connectivity index (χ4v) is 2.92. The number of carboxylic acid groups (broad SMARTS) is 1. The van der Waals surface area contributed by atoms with Crippen molar-refractivity contribution in [3.05, 3.63) is 0 Å². The van der Waals surface area contributed by atoms with Crippen LogP contribution in [-0.4, -0.2) is 30.2 Å². The standard InChI is InChI=1S/C14H24N2O3/c1-10(11-4-5-11)8-15-13(19)16-9-14(12(17)18)6-2-3-7-14/h10-11H,2-9H2,1H3,(H,17,18)(H2,15,16,19). The minimum absolute atomic E-state index is 0.236. The van der Waals surface area contributed by atoms with Crippen LogP contribution in [0.25, 0.3) is 0 Å². The van der Waals surface area contributed by atoms with E-state index in [0.29, 0.717) is 25.3 Å². The van der Waals surface area contributed by atoms with Crippen LogP contribution >= 0.6 is 0 Å². The monoisotopic (exact) mass is 268 g/mol. The first-order chi connectivity index (χ1) is 9.03. The van der Waals surface area contributed by atoms with Crippen molar-refractivity contribution in [2.24, 2.45) is 17.3 Å². The molecule has 2 rings (SSSR count). The van der Waals surface area contributed by atoms with Crippen molar-refractivity contribution in [1.82, 2.24) is 10.6 Å². The zero-order valence-corrected chi connectivity index (χ0v) is 11.6. The molecule has 3 N–H and O–H groups in total. The fraction of sp³-hybridized carbons (Fsp3) is 0.857. The summed E-state index contributed by atoms with van der Waals surface area (Å²) in [4.78, 5) is 23.0. The lowest BCUT2D eigenvalue weighted by atomic mass is 9.86. The van der Waals surface area contributed by atoms with E-state index in [1.54, 1.807) is 0 Å². The predicted octanol–water partition coefficient (Wildman–Crippen LogP) is 1.98. The number of urea groups is 1. The first kappa shape index (κ1) is 14.2. The summed E-state index contributed by atoms with van der Waals surface area (Å²) < 4.78 is 0. The first-order valence-electron chi connectivity index (χ1n) is 7.29. The van der Waals surface area contributed by atoms with E-state index in [0.717, 1.165) is 18.8 Å². The third kappa shape index (κ3) is 3.61. The summed E-state index contributed by atoms with van der Waals surface area (Å²) in [7, 11) is 0. The molecule has 19 heavy (non-hydrogen) atoms. The molecule has 108 valence electrons. The van der Waals surface area contributed by atoms with Gasteiger partial charge in [0.2, 0.25) is 0 Å². The van der Waals surface area contributed by atoms with Crippen molar-refractivity contribution in [3.8, 4) is 0 Å². The maximum absolute atomic E-state index is 11.7. The van der Waals surface area contributed by atoms with Crippen LogP contribution in [0.3, 0.4) is 0 Å². The van der Waals surface area contributed by atoms with E-state index in [-0.39, 0.29) is 12.6 Å². The summed E-state index contributed by atoms with van der Waals surface area (Å²) in [6.45, 7) is 3.07. The second-order valence-electron chi connectivity index (χ2n) is 6.17. The Morgan fingerprint density at radius 3 is 2.42 bits per heavy atom. The van der Waals surface area contributed by atoms with E-state index in [4.69, 9.17) is 0 Å². The van der Waals surface area contributed by atoms with Crippen molar-refractivity contribution in [1.29, 1.82) is 0 Å². The summed E-state index contributed by atoms with van der Waals surface area (Å²) >= 11 is 0. The van der Waals surface area contributed by atoms with E-state index in [1.807, 2.05) is 0 Å². The lowest BCUT2D eigenvalue weighted by molar-refractivity contribution is -0.148. The van der Waals surface area contributed by atoms with Crippen molar-refractivity contribution in [3.63, 3.8) is 0 Å². The van der Waals surface area contributed by atoms with Gasteiger partial charge in [-0.15, -0.1) is 0 Å². The van der Waals surface area contributed by atoms with E-state index in [9.17, 15) is 14.7 Å². The molecule has 1 unspecified atom stereocenters. The molecule has 0 aromatic rings. The number of hydrogen-bond donors (Lipinski definition) is 3. The van der Waals surface area contributed by atoms with Crippen LogP contribution < -0.4 is 10.6 Å². The molecular formula is C14H24N2O3. The molecule has 0 aliphatic heterocycles. The van der Waals surface area contributed by atoms with Crippen LogP contribution in [0.15, 0.2) is 0 Å². The number of carbonyl (C=O) groups excluding carboxylic acids is 1. The van der Waals surface area contributed by atoms with Crippen LogP contribution in [0.5, 0.6) is 0 Å². The van der Waals surface area contributed by atoms with Gasteiger partial charge in [0.25, 0.3) is 0 Å². The molecule has 2 fully saturated rings. The summed E-state index contributed by atoms with van der Waals surface area (Å²) in [6.07, 6.45) is 5.75. The SMILES string of the molecule is CC(CNC(=O)NCC1(C(=O)O)CCCC1)C1CC1. The third-order valence-corrected chi connectivity index (χ3v) is 4.61. The lowest BCUT2D eigenvalue weighted by Crippen LogP contribution is -2.45. The zero-order chi connectivity index (χ0) is 13.9. The highest BCUT2D eigenvalue weighted by Gasteiger charge is 2.41. The third-order valence-electron chi connectivity index (χ3n) is 4.61. The first-order valence-corrected chi connectivity index (χ1v) is 7.29. The average molecular weight is 268 g/mol. The van der Waals surface area contributed by atoms with Gasteiger partial charge >= 0.3 is 12.0 Å². The Balaban J connectivity index is 1.71. The predicted molar refractivity (Wildman–Crippen MR) is 71.8 cm³/mol. The largest absolute Gasteiger partial charge is 0.481 e. The Labute approximate surface area is 114 Å². The maximum Gasteiger partial charge on any atom is 0.314 e. The van der Waals surface area contributed by atoms with Crippen LogP contribution in [0.4, 0.5) is 4.79 Å². The summed E-state index contributed by atoms with van der Waals surface area (Å²) in [5.74, 6) is 0.503. The highest BCUT2D eigenvalue weighted by Crippen LogP contribution is 2.38. The van der Waals surface area contributed by atoms with Crippen LogP contribution in [0, 0.1) is 17.3 Å². The number of amides is 2. The van der Waals surface area contributed by atoms with Gasteiger partial charge in [-0.1, -0.05) is 19.8 Å². The Bertz CT molecular complexity index is 347. The number of aliphatic carboxylic acids is 1.